The summed E-state index contributed by atoms with van der Waals surface area (Å²) in [6, 6.07) is 13.3. The van der Waals surface area contributed by atoms with Crippen molar-refractivity contribution in [1.29, 1.82) is 0 Å². The lowest BCUT2D eigenvalue weighted by Gasteiger charge is -2.21. The van der Waals surface area contributed by atoms with Crippen molar-refractivity contribution >= 4 is 23.5 Å². The Bertz CT molecular complexity index is 789. The van der Waals surface area contributed by atoms with Gasteiger partial charge < -0.3 is 5.32 Å². The minimum absolute atomic E-state index is 0.803. The molecule has 0 radical (unpaired) electrons. The fourth-order valence-electron chi connectivity index (χ4n) is 4.46. The van der Waals surface area contributed by atoms with Crippen molar-refractivity contribution < 1.29 is 0 Å². The molecule has 1 heterocycles. The van der Waals surface area contributed by atoms with E-state index < -0.39 is 0 Å². The van der Waals surface area contributed by atoms with Crippen LogP contribution in [0.4, 0.5) is 5.69 Å². The van der Waals surface area contributed by atoms with Crippen LogP contribution in [0.3, 0.4) is 0 Å². The van der Waals surface area contributed by atoms with Crippen LogP contribution in [-0.4, -0.2) is 12.8 Å². The second-order valence-corrected chi connectivity index (χ2v) is 8.39. The predicted octanol–water partition coefficient (Wildman–Crippen LogP) is 6.24. The van der Waals surface area contributed by atoms with E-state index in [9.17, 15) is 0 Å². The van der Waals surface area contributed by atoms with Crippen LogP contribution < -0.4 is 5.32 Å². The smallest absolute Gasteiger partial charge is 0.0640 e. The van der Waals surface area contributed by atoms with Gasteiger partial charge in [0, 0.05) is 25.7 Å². The monoisotopic (exact) mass is 380 g/mol. The van der Waals surface area contributed by atoms with Gasteiger partial charge in [-0.25, -0.2) is 0 Å². The highest BCUT2D eigenvalue weighted by Crippen LogP contribution is 2.31. The molecule has 1 aliphatic heterocycles. The number of aliphatic imine (C=N–C) groups is 1. The van der Waals surface area contributed by atoms with Gasteiger partial charge in [0.2, 0.25) is 0 Å². The SMILES string of the molecule is Clc1ccc2c(c1NCc1ccc(CC3CCCCC3)cc1)CC=NCC2. The van der Waals surface area contributed by atoms with E-state index in [1.54, 1.807) is 0 Å². The molecule has 0 spiro atoms. The Morgan fingerprint density at radius 2 is 1.74 bits per heavy atom. The average molecular weight is 381 g/mol. The molecular weight excluding hydrogens is 352 g/mol. The molecule has 1 saturated carbocycles. The summed E-state index contributed by atoms with van der Waals surface area (Å²) < 4.78 is 0. The summed E-state index contributed by atoms with van der Waals surface area (Å²) in [6.45, 7) is 1.67. The first-order chi connectivity index (χ1) is 13.3. The van der Waals surface area contributed by atoms with Gasteiger partial charge in [0.15, 0.2) is 0 Å². The third kappa shape index (κ3) is 4.73. The number of nitrogens with one attached hydrogen (secondary N) is 1. The normalized spacial score (nSPS) is 17.4. The van der Waals surface area contributed by atoms with Gasteiger partial charge in [0.1, 0.15) is 0 Å². The summed E-state index contributed by atoms with van der Waals surface area (Å²) in [5.74, 6) is 0.892. The molecule has 1 aliphatic carbocycles. The van der Waals surface area contributed by atoms with E-state index in [0.29, 0.717) is 0 Å². The van der Waals surface area contributed by atoms with Gasteiger partial charge in [0.25, 0.3) is 0 Å². The molecule has 1 N–H and O–H groups in total. The van der Waals surface area contributed by atoms with Crippen LogP contribution in [0.1, 0.15) is 54.4 Å². The van der Waals surface area contributed by atoms with E-state index in [1.165, 1.54) is 60.8 Å². The van der Waals surface area contributed by atoms with Crippen molar-refractivity contribution in [2.45, 2.75) is 57.9 Å². The minimum Gasteiger partial charge on any atom is -0.380 e. The van der Waals surface area contributed by atoms with Crippen molar-refractivity contribution in [3.05, 3.63) is 63.7 Å². The molecular formula is C24H29ClN2. The van der Waals surface area contributed by atoms with Gasteiger partial charge in [-0.15, -0.1) is 0 Å². The molecule has 2 aromatic rings. The van der Waals surface area contributed by atoms with E-state index in [1.807, 2.05) is 12.3 Å². The predicted molar refractivity (Wildman–Crippen MR) is 116 cm³/mol. The zero-order chi connectivity index (χ0) is 18.5. The first kappa shape index (κ1) is 18.6. The standard InChI is InChI=1S/C24H29ClN2/c25-23-11-10-21-12-14-26-15-13-22(21)24(23)27-17-20-8-6-19(7-9-20)16-18-4-2-1-3-5-18/h6-11,15,18,27H,1-5,12-14,16-17H2. The number of anilines is 1. The van der Waals surface area contributed by atoms with Crippen molar-refractivity contribution in [2.24, 2.45) is 10.9 Å². The van der Waals surface area contributed by atoms with Crippen LogP contribution >= 0.6 is 11.6 Å². The quantitative estimate of drug-likeness (QED) is 0.651. The molecule has 4 rings (SSSR count). The van der Waals surface area contributed by atoms with Crippen molar-refractivity contribution in [1.82, 2.24) is 0 Å². The van der Waals surface area contributed by atoms with Crippen LogP contribution in [0.2, 0.25) is 5.02 Å². The lowest BCUT2D eigenvalue weighted by Crippen LogP contribution is -2.09. The van der Waals surface area contributed by atoms with Crippen LogP contribution in [0, 0.1) is 5.92 Å². The summed E-state index contributed by atoms with van der Waals surface area (Å²) in [5.41, 5.74) is 6.53. The van der Waals surface area contributed by atoms with Crippen LogP contribution in [-0.2, 0) is 25.8 Å². The summed E-state index contributed by atoms with van der Waals surface area (Å²) in [7, 11) is 0. The maximum Gasteiger partial charge on any atom is 0.0640 e. The number of benzene rings is 2. The molecule has 0 atom stereocenters. The van der Waals surface area contributed by atoms with Gasteiger partial charge >= 0.3 is 0 Å². The van der Waals surface area contributed by atoms with E-state index in [-0.39, 0.29) is 0 Å². The Morgan fingerprint density at radius 1 is 0.963 bits per heavy atom. The third-order valence-corrected chi connectivity index (χ3v) is 6.35. The maximum atomic E-state index is 6.51. The third-order valence-electron chi connectivity index (χ3n) is 6.04. The summed E-state index contributed by atoms with van der Waals surface area (Å²) in [4.78, 5) is 4.44. The molecule has 2 aliphatic rings. The summed E-state index contributed by atoms with van der Waals surface area (Å²) in [5, 5.41) is 4.40. The Kier molecular flexibility index (Phi) is 6.14. The van der Waals surface area contributed by atoms with Crippen molar-refractivity contribution in [3.8, 4) is 0 Å². The Hall–Kier alpha value is -1.80. The van der Waals surface area contributed by atoms with E-state index >= 15 is 0 Å². The lowest BCUT2D eigenvalue weighted by molar-refractivity contribution is 0.356. The zero-order valence-electron chi connectivity index (χ0n) is 16.0. The minimum atomic E-state index is 0.803. The van der Waals surface area contributed by atoms with Crippen molar-refractivity contribution in [2.75, 3.05) is 11.9 Å². The molecule has 3 heteroatoms. The molecule has 2 nitrogen and oxygen atoms in total. The summed E-state index contributed by atoms with van der Waals surface area (Å²) in [6.07, 6.45) is 12.2. The van der Waals surface area contributed by atoms with Gasteiger partial charge in [-0.3, -0.25) is 4.99 Å². The molecule has 0 saturated heterocycles. The number of nitrogens with zero attached hydrogens (tertiary/aromatic N) is 1. The Balaban J connectivity index is 1.41. The number of hydrogen-bond donors (Lipinski definition) is 1. The van der Waals surface area contributed by atoms with Gasteiger partial charge in [-0.05, 0) is 47.1 Å². The molecule has 0 aromatic heterocycles. The number of fused-ring (bicyclic) bond motifs is 1. The largest absolute Gasteiger partial charge is 0.380 e. The molecule has 27 heavy (non-hydrogen) atoms. The molecule has 0 unspecified atom stereocenters. The van der Waals surface area contributed by atoms with Gasteiger partial charge in [0.05, 0.1) is 10.7 Å². The number of halogens is 1. The lowest BCUT2D eigenvalue weighted by atomic mass is 9.85. The highest BCUT2D eigenvalue weighted by Gasteiger charge is 2.15. The molecule has 142 valence electrons. The topological polar surface area (TPSA) is 24.4 Å². The zero-order valence-corrected chi connectivity index (χ0v) is 16.8. The highest BCUT2D eigenvalue weighted by molar-refractivity contribution is 6.33. The van der Waals surface area contributed by atoms with E-state index in [2.05, 4.69) is 40.6 Å². The van der Waals surface area contributed by atoms with Gasteiger partial charge in [-0.2, -0.15) is 0 Å². The Labute approximate surface area is 168 Å². The number of rotatable bonds is 5. The molecule has 1 fully saturated rings. The Morgan fingerprint density at radius 3 is 2.56 bits per heavy atom. The van der Waals surface area contributed by atoms with E-state index in [0.717, 1.165) is 42.6 Å². The highest BCUT2D eigenvalue weighted by atomic mass is 35.5. The van der Waals surface area contributed by atoms with Crippen LogP contribution in [0.25, 0.3) is 0 Å². The maximum absolute atomic E-state index is 6.51. The fraction of sp³-hybridized carbons (Fsp3) is 0.458. The summed E-state index contributed by atoms with van der Waals surface area (Å²) >= 11 is 6.51. The second-order valence-electron chi connectivity index (χ2n) is 7.98. The number of hydrogen-bond acceptors (Lipinski definition) is 2. The first-order valence-corrected chi connectivity index (χ1v) is 10.8. The first-order valence-electron chi connectivity index (χ1n) is 10.4. The van der Waals surface area contributed by atoms with Crippen LogP contribution in [0.5, 0.6) is 0 Å². The second kappa shape index (κ2) is 8.93. The van der Waals surface area contributed by atoms with Gasteiger partial charge in [-0.1, -0.05) is 74.0 Å². The molecule has 0 bridgehead atoms. The average Bonchev–Trinajstić information content (AvgIpc) is 2.95. The molecule has 0 amide bonds. The fourth-order valence-corrected chi connectivity index (χ4v) is 4.71. The van der Waals surface area contributed by atoms with Crippen LogP contribution in [0.15, 0.2) is 41.4 Å². The van der Waals surface area contributed by atoms with Crippen molar-refractivity contribution in [3.63, 3.8) is 0 Å². The molecule has 2 aromatic carbocycles. The van der Waals surface area contributed by atoms with E-state index in [4.69, 9.17) is 11.6 Å².